The molecule has 0 bridgehead atoms. The number of nitrogens with one attached hydrogen (secondary N) is 3. The molecule has 5 heterocycles. The summed E-state index contributed by atoms with van der Waals surface area (Å²) in [4.78, 5) is 88.7. The van der Waals surface area contributed by atoms with Crippen LogP contribution in [0.2, 0.25) is 0 Å². The lowest BCUT2D eigenvalue weighted by Gasteiger charge is -2.37. The highest BCUT2D eigenvalue weighted by molar-refractivity contribution is 6.24. The van der Waals surface area contributed by atoms with Crippen molar-refractivity contribution in [1.29, 1.82) is 0 Å². The molecule has 4 aliphatic rings. The number of fused-ring (bicyclic) bond motifs is 1. The number of hydrogen-bond donors (Lipinski definition) is 3. The van der Waals surface area contributed by atoms with E-state index in [-0.39, 0.29) is 42.0 Å². The van der Waals surface area contributed by atoms with Crippen LogP contribution in [-0.2, 0) is 27.4 Å². The molecule has 3 saturated heterocycles. The van der Waals surface area contributed by atoms with Crippen molar-refractivity contribution in [2.75, 3.05) is 64.0 Å². The zero-order chi connectivity index (χ0) is 48.6. The summed E-state index contributed by atoms with van der Waals surface area (Å²) in [5.74, 6) is -1.98. The third kappa shape index (κ3) is 11.5. The van der Waals surface area contributed by atoms with Crippen molar-refractivity contribution in [2.24, 2.45) is 0 Å². The Bertz CT molecular complexity index is 2600. The largest absolute Gasteiger partial charge is 0.493 e. The molecule has 0 radical (unpaired) electrons. The van der Waals surface area contributed by atoms with E-state index in [0.29, 0.717) is 29.5 Å². The Hall–Kier alpha value is -6.16. The van der Waals surface area contributed by atoms with Gasteiger partial charge in [-0.1, -0.05) is 49.6 Å². The number of aromatic nitrogens is 1. The summed E-state index contributed by atoms with van der Waals surface area (Å²) in [7, 11) is 0. The van der Waals surface area contributed by atoms with E-state index in [4.69, 9.17) is 9.47 Å². The summed E-state index contributed by atoms with van der Waals surface area (Å²) in [6.45, 7) is 16.8. The van der Waals surface area contributed by atoms with E-state index >= 15 is 0 Å². The van der Waals surface area contributed by atoms with Crippen molar-refractivity contribution in [3.8, 4) is 16.9 Å². The molecule has 1 aromatic heterocycles. The maximum absolute atomic E-state index is 14.0. The minimum atomic E-state index is -1.01. The third-order valence-electron chi connectivity index (χ3n) is 14.3. The van der Waals surface area contributed by atoms with E-state index in [1.165, 1.54) is 5.56 Å². The van der Waals surface area contributed by atoms with Gasteiger partial charge in [-0.25, -0.2) is 0 Å². The number of anilines is 1. The van der Waals surface area contributed by atoms with E-state index in [0.717, 1.165) is 143 Å². The number of piperazine rings is 1. The lowest BCUT2D eigenvalue weighted by molar-refractivity contribution is -0.136. The van der Waals surface area contributed by atoms with Crippen molar-refractivity contribution in [3.05, 3.63) is 116 Å². The Balaban J connectivity index is 0.789. The number of aryl methyl sites for hydroxylation is 2. The van der Waals surface area contributed by atoms with E-state index in [1.54, 1.807) is 18.2 Å². The summed E-state index contributed by atoms with van der Waals surface area (Å²) >= 11 is 0. The Labute approximate surface area is 404 Å². The van der Waals surface area contributed by atoms with Crippen LogP contribution >= 0.6 is 0 Å². The molecule has 69 heavy (non-hydrogen) atoms. The lowest BCUT2D eigenvalue weighted by Crippen LogP contribution is -2.54. The Morgan fingerprint density at radius 3 is 2.28 bits per heavy atom. The quantitative estimate of drug-likeness (QED) is 0.0697. The summed E-state index contributed by atoms with van der Waals surface area (Å²) in [6, 6.07) is 19.2. The molecule has 15 nitrogen and oxygen atoms in total. The number of rotatable bonds is 19. The van der Waals surface area contributed by atoms with Gasteiger partial charge in [0.15, 0.2) is 0 Å². The molecule has 0 saturated carbocycles. The van der Waals surface area contributed by atoms with Crippen LogP contribution in [0.1, 0.15) is 124 Å². The van der Waals surface area contributed by atoms with Gasteiger partial charge in [0, 0.05) is 94.0 Å². The van der Waals surface area contributed by atoms with Gasteiger partial charge in [-0.05, 0) is 124 Å². The zero-order valence-electron chi connectivity index (χ0n) is 40.6. The SMILES string of the molecule is CCN(c1cc(-c2ccc(CN3CCN(CCCCCCCOc4cccc5c4C(=O)N(C4CCC(=O)NC4=O)C5=O)CC3)cc2)cc(C(=O)NCc2c(C)cc(C)[nH]c2=O)c1C)C1CCOCC1. The van der Waals surface area contributed by atoms with Gasteiger partial charge in [0.05, 0.1) is 17.7 Å². The van der Waals surface area contributed by atoms with Crippen LogP contribution in [0.5, 0.6) is 5.75 Å². The van der Waals surface area contributed by atoms with Crippen molar-refractivity contribution >= 4 is 35.2 Å². The standard InChI is InChI=1S/C54H67N7O8/c1-5-60(41-20-28-68-29-21-41)46-32-40(31-43(37(46)4)50(63)55-33-44-35(2)30-36(3)56-51(44)64)39-16-14-38(15-17-39)34-59-25-23-58(24-26-59)22-9-7-6-8-10-27-69-47-13-11-12-42-49(47)54(67)61(53(42)66)45-18-19-48(62)57-52(45)65/h11-17,30-32,41,45H,5-10,18-29,33-34H2,1-4H3,(H,55,63)(H,56,64)(H,57,62,65). The molecule has 8 rings (SSSR count). The summed E-state index contributed by atoms with van der Waals surface area (Å²) in [5, 5.41) is 5.29. The lowest BCUT2D eigenvalue weighted by atomic mass is 9.94. The number of aromatic amines is 1. The van der Waals surface area contributed by atoms with Crippen LogP contribution in [0.4, 0.5) is 5.69 Å². The minimum absolute atomic E-state index is 0.0745. The second-order valence-electron chi connectivity index (χ2n) is 19.0. The van der Waals surface area contributed by atoms with Gasteiger partial charge in [0.25, 0.3) is 23.3 Å². The summed E-state index contributed by atoms with van der Waals surface area (Å²) < 4.78 is 11.7. The predicted octanol–water partition coefficient (Wildman–Crippen LogP) is 6.45. The molecule has 3 N–H and O–H groups in total. The van der Waals surface area contributed by atoms with Crippen LogP contribution in [-0.4, -0.2) is 120 Å². The number of piperidine rings is 1. The van der Waals surface area contributed by atoms with Gasteiger partial charge in [0.1, 0.15) is 11.8 Å². The molecule has 366 valence electrons. The molecular weight excluding hydrogens is 875 g/mol. The molecular formula is C54H67N7O8. The van der Waals surface area contributed by atoms with Gasteiger partial charge in [0.2, 0.25) is 11.8 Å². The highest BCUT2D eigenvalue weighted by Crippen LogP contribution is 2.36. The number of carbonyl (C=O) groups excluding carboxylic acids is 5. The van der Waals surface area contributed by atoms with Gasteiger partial charge in [-0.15, -0.1) is 0 Å². The van der Waals surface area contributed by atoms with Gasteiger partial charge in [-0.2, -0.15) is 0 Å². The van der Waals surface area contributed by atoms with E-state index < -0.39 is 29.7 Å². The highest BCUT2D eigenvalue weighted by Gasteiger charge is 2.46. The smallest absolute Gasteiger partial charge is 0.266 e. The number of ether oxygens (including phenoxy) is 2. The second-order valence-corrected chi connectivity index (χ2v) is 19.0. The molecule has 15 heteroatoms. The summed E-state index contributed by atoms with van der Waals surface area (Å²) in [6.07, 6.45) is 7.19. The average molecular weight is 942 g/mol. The Morgan fingerprint density at radius 1 is 0.826 bits per heavy atom. The van der Waals surface area contributed by atoms with Crippen molar-refractivity contribution in [2.45, 2.75) is 111 Å². The second kappa shape index (κ2) is 22.5. The monoisotopic (exact) mass is 942 g/mol. The predicted molar refractivity (Wildman–Crippen MR) is 265 cm³/mol. The average Bonchev–Trinajstić information content (AvgIpc) is 3.59. The van der Waals surface area contributed by atoms with Crippen molar-refractivity contribution in [1.82, 2.24) is 30.3 Å². The molecule has 0 spiro atoms. The molecule has 5 amide bonds. The number of pyridine rings is 1. The topological polar surface area (TPSA) is 174 Å². The van der Waals surface area contributed by atoms with E-state index in [9.17, 15) is 28.8 Å². The Kier molecular flexibility index (Phi) is 16.1. The molecule has 3 fully saturated rings. The highest BCUT2D eigenvalue weighted by atomic mass is 16.5. The van der Waals surface area contributed by atoms with Gasteiger partial charge < -0.3 is 29.6 Å². The van der Waals surface area contributed by atoms with Crippen molar-refractivity contribution in [3.63, 3.8) is 0 Å². The molecule has 1 unspecified atom stereocenters. The first-order chi connectivity index (χ1) is 33.4. The van der Waals surface area contributed by atoms with Gasteiger partial charge >= 0.3 is 0 Å². The first-order valence-electron chi connectivity index (χ1n) is 24.9. The van der Waals surface area contributed by atoms with Crippen molar-refractivity contribution < 1.29 is 33.4 Å². The van der Waals surface area contributed by atoms with E-state index in [2.05, 4.69) is 67.6 Å². The molecule has 0 aliphatic carbocycles. The number of hydrogen-bond acceptors (Lipinski definition) is 11. The fourth-order valence-corrected chi connectivity index (χ4v) is 10.4. The number of nitrogens with zero attached hydrogens (tertiary/aromatic N) is 4. The molecule has 3 aromatic carbocycles. The van der Waals surface area contributed by atoms with Crippen LogP contribution in [0, 0.1) is 20.8 Å². The van der Waals surface area contributed by atoms with Gasteiger partial charge in [-0.3, -0.25) is 43.9 Å². The first-order valence-corrected chi connectivity index (χ1v) is 24.9. The van der Waals surface area contributed by atoms with Crippen LogP contribution in [0.15, 0.2) is 65.5 Å². The zero-order valence-corrected chi connectivity index (χ0v) is 40.6. The number of carbonyl (C=O) groups is 5. The molecule has 4 aliphatic heterocycles. The third-order valence-corrected chi connectivity index (χ3v) is 14.3. The Morgan fingerprint density at radius 2 is 1.55 bits per heavy atom. The molecule has 1 atom stereocenters. The maximum atomic E-state index is 14.0. The van der Waals surface area contributed by atoms with Crippen LogP contribution < -0.4 is 25.8 Å². The number of imide groups is 2. The van der Waals surface area contributed by atoms with Crippen LogP contribution in [0.3, 0.4) is 0 Å². The number of H-pyrrole nitrogens is 1. The maximum Gasteiger partial charge on any atom is 0.266 e. The number of unbranched alkanes of at least 4 members (excludes halogenated alkanes) is 4. The van der Waals surface area contributed by atoms with Crippen LogP contribution in [0.25, 0.3) is 11.1 Å². The fraction of sp³-hybridized carbons (Fsp3) is 0.481. The first kappa shape index (κ1) is 49.3. The number of benzene rings is 3. The normalized spacial score (nSPS) is 18.1. The number of amides is 5. The summed E-state index contributed by atoms with van der Waals surface area (Å²) in [5.41, 5.74) is 8.31. The van der Waals surface area contributed by atoms with E-state index in [1.807, 2.05) is 32.9 Å². The minimum Gasteiger partial charge on any atom is -0.493 e. The fourth-order valence-electron chi connectivity index (χ4n) is 10.4. The molecule has 4 aromatic rings.